The van der Waals surface area contributed by atoms with Gasteiger partial charge in [0.1, 0.15) is 5.75 Å². The van der Waals surface area contributed by atoms with Crippen LogP contribution in [0.2, 0.25) is 0 Å². The summed E-state index contributed by atoms with van der Waals surface area (Å²) in [5, 5.41) is 0. The molecule has 0 aliphatic carbocycles. The van der Waals surface area contributed by atoms with Crippen LogP contribution in [0.25, 0.3) is 0 Å². The Morgan fingerprint density at radius 2 is 1.94 bits per heavy atom. The topological polar surface area (TPSA) is 48.1 Å². The average Bonchev–Trinajstić information content (AvgIpc) is 2.29. The molecular weight excluding hydrogens is 226 g/mol. The minimum atomic E-state index is -0.963. The predicted octanol–water partition coefficient (Wildman–Crippen LogP) is 3.04. The number of nitrogen functional groups attached to an aromatic ring is 1. The van der Waals surface area contributed by atoms with Gasteiger partial charge in [-0.05, 0) is 24.6 Å². The Hall–Kier alpha value is -2.17. The lowest BCUT2D eigenvalue weighted by atomic mass is 10.2. The Morgan fingerprint density at radius 3 is 2.59 bits per heavy atom. The molecule has 0 saturated heterocycles. The van der Waals surface area contributed by atoms with Gasteiger partial charge < -0.3 is 10.5 Å². The van der Waals surface area contributed by atoms with Crippen LogP contribution in [0, 0.1) is 18.6 Å². The summed E-state index contributed by atoms with van der Waals surface area (Å²) in [7, 11) is 0. The summed E-state index contributed by atoms with van der Waals surface area (Å²) >= 11 is 0. The molecular formula is C12H10F2N2O. The van der Waals surface area contributed by atoms with E-state index in [1.54, 1.807) is 13.0 Å². The third-order valence-electron chi connectivity index (χ3n) is 2.24. The molecule has 2 rings (SSSR count). The molecule has 0 fully saturated rings. The Labute approximate surface area is 96.9 Å². The van der Waals surface area contributed by atoms with E-state index >= 15 is 0 Å². The number of rotatable bonds is 2. The maximum Gasteiger partial charge on any atom is 0.219 e. The second kappa shape index (κ2) is 4.37. The summed E-state index contributed by atoms with van der Waals surface area (Å²) in [6, 6.07) is 4.90. The van der Waals surface area contributed by atoms with Gasteiger partial charge >= 0.3 is 0 Å². The number of nitrogens with zero attached hydrogens (tertiary/aromatic N) is 1. The van der Waals surface area contributed by atoms with Crippen LogP contribution < -0.4 is 10.5 Å². The highest BCUT2D eigenvalue weighted by molar-refractivity contribution is 5.46. The molecule has 0 bridgehead atoms. The first-order valence-electron chi connectivity index (χ1n) is 4.91. The van der Waals surface area contributed by atoms with Gasteiger partial charge in [-0.1, -0.05) is 0 Å². The summed E-state index contributed by atoms with van der Waals surface area (Å²) in [6.45, 7) is 1.80. The molecule has 0 atom stereocenters. The quantitative estimate of drug-likeness (QED) is 0.871. The van der Waals surface area contributed by atoms with Crippen molar-refractivity contribution in [2.24, 2.45) is 0 Å². The van der Waals surface area contributed by atoms with Crippen molar-refractivity contribution < 1.29 is 13.5 Å². The standard InChI is InChI=1S/C12H10F2N2O/c1-7-4-12(16-6-11(7)15)17-8-2-3-9(13)10(14)5-8/h2-6H,15H2,1H3. The molecule has 0 amide bonds. The Balaban J connectivity index is 2.25. The zero-order chi connectivity index (χ0) is 12.4. The first-order valence-corrected chi connectivity index (χ1v) is 4.91. The van der Waals surface area contributed by atoms with Crippen molar-refractivity contribution in [2.75, 3.05) is 5.73 Å². The second-order valence-corrected chi connectivity index (χ2v) is 3.56. The number of hydrogen-bond acceptors (Lipinski definition) is 3. The van der Waals surface area contributed by atoms with Crippen molar-refractivity contribution in [2.45, 2.75) is 6.92 Å². The number of aromatic nitrogens is 1. The minimum absolute atomic E-state index is 0.181. The van der Waals surface area contributed by atoms with E-state index in [4.69, 9.17) is 10.5 Å². The molecule has 0 saturated carbocycles. The van der Waals surface area contributed by atoms with Gasteiger partial charge in [0.2, 0.25) is 5.88 Å². The van der Waals surface area contributed by atoms with Gasteiger partial charge in [0.25, 0.3) is 0 Å². The van der Waals surface area contributed by atoms with Crippen molar-refractivity contribution in [3.05, 3.63) is 47.7 Å². The van der Waals surface area contributed by atoms with Crippen LogP contribution in [0.15, 0.2) is 30.5 Å². The van der Waals surface area contributed by atoms with E-state index in [0.29, 0.717) is 5.69 Å². The molecule has 0 aliphatic heterocycles. The lowest BCUT2D eigenvalue weighted by Gasteiger charge is -2.06. The van der Waals surface area contributed by atoms with Crippen molar-refractivity contribution in [3.8, 4) is 11.6 Å². The third-order valence-corrected chi connectivity index (χ3v) is 2.24. The number of aryl methyl sites for hydroxylation is 1. The van der Waals surface area contributed by atoms with Crippen LogP contribution in [-0.2, 0) is 0 Å². The SMILES string of the molecule is Cc1cc(Oc2ccc(F)c(F)c2)ncc1N. The summed E-state index contributed by atoms with van der Waals surface area (Å²) in [4.78, 5) is 3.92. The van der Waals surface area contributed by atoms with Gasteiger partial charge in [0.15, 0.2) is 11.6 Å². The first-order chi connectivity index (χ1) is 8.06. The van der Waals surface area contributed by atoms with Gasteiger partial charge in [0, 0.05) is 12.1 Å². The lowest BCUT2D eigenvalue weighted by Crippen LogP contribution is -1.94. The van der Waals surface area contributed by atoms with Gasteiger partial charge in [-0.2, -0.15) is 0 Å². The number of anilines is 1. The van der Waals surface area contributed by atoms with Crippen LogP contribution in [-0.4, -0.2) is 4.98 Å². The van der Waals surface area contributed by atoms with Crippen LogP contribution in [0.5, 0.6) is 11.6 Å². The first kappa shape index (κ1) is 11.3. The third kappa shape index (κ3) is 2.50. The van der Waals surface area contributed by atoms with Crippen molar-refractivity contribution >= 4 is 5.69 Å². The zero-order valence-corrected chi connectivity index (χ0v) is 9.08. The molecule has 2 N–H and O–H groups in total. The number of pyridine rings is 1. The normalized spacial score (nSPS) is 10.3. The molecule has 88 valence electrons. The molecule has 0 spiro atoms. The predicted molar refractivity (Wildman–Crippen MR) is 59.8 cm³/mol. The van der Waals surface area contributed by atoms with Crippen LogP contribution in [0.4, 0.5) is 14.5 Å². The summed E-state index contributed by atoms with van der Waals surface area (Å²) in [5.74, 6) is -1.42. The fraction of sp³-hybridized carbons (Fsp3) is 0.0833. The molecule has 3 nitrogen and oxygen atoms in total. The van der Waals surface area contributed by atoms with Gasteiger partial charge in [0.05, 0.1) is 11.9 Å². The summed E-state index contributed by atoms with van der Waals surface area (Å²) in [5.41, 5.74) is 6.95. The van der Waals surface area contributed by atoms with Crippen LogP contribution in [0.1, 0.15) is 5.56 Å². The molecule has 1 aromatic heterocycles. The second-order valence-electron chi connectivity index (χ2n) is 3.56. The molecule has 5 heteroatoms. The van der Waals surface area contributed by atoms with E-state index in [-0.39, 0.29) is 11.6 Å². The monoisotopic (exact) mass is 236 g/mol. The number of ether oxygens (including phenoxy) is 1. The average molecular weight is 236 g/mol. The summed E-state index contributed by atoms with van der Waals surface area (Å²) < 4.78 is 30.9. The fourth-order valence-corrected chi connectivity index (χ4v) is 1.26. The maximum absolute atomic E-state index is 12.9. The van der Waals surface area contributed by atoms with Gasteiger partial charge in [-0.25, -0.2) is 13.8 Å². The maximum atomic E-state index is 12.9. The molecule has 0 radical (unpaired) electrons. The number of benzene rings is 1. The highest BCUT2D eigenvalue weighted by atomic mass is 19.2. The van der Waals surface area contributed by atoms with Crippen LogP contribution >= 0.6 is 0 Å². The zero-order valence-electron chi connectivity index (χ0n) is 9.08. The van der Waals surface area contributed by atoms with E-state index in [1.165, 1.54) is 12.3 Å². The lowest BCUT2D eigenvalue weighted by molar-refractivity contribution is 0.447. The van der Waals surface area contributed by atoms with E-state index in [2.05, 4.69) is 4.98 Å². The molecule has 1 heterocycles. The Bertz CT molecular complexity index is 509. The minimum Gasteiger partial charge on any atom is -0.439 e. The van der Waals surface area contributed by atoms with Crippen molar-refractivity contribution in [1.29, 1.82) is 0 Å². The van der Waals surface area contributed by atoms with Crippen LogP contribution in [0.3, 0.4) is 0 Å². The highest BCUT2D eigenvalue weighted by Crippen LogP contribution is 2.23. The van der Waals surface area contributed by atoms with E-state index in [0.717, 1.165) is 17.7 Å². The molecule has 2 aromatic rings. The molecule has 0 unspecified atom stereocenters. The van der Waals surface area contributed by atoms with Gasteiger partial charge in [-0.3, -0.25) is 0 Å². The van der Waals surface area contributed by atoms with Crippen molar-refractivity contribution in [1.82, 2.24) is 4.98 Å². The highest BCUT2D eigenvalue weighted by Gasteiger charge is 2.05. The van der Waals surface area contributed by atoms with E-state index in [1.807, 2.05) is 0 Å². The molecule has 17 heavy (non-hydrogen) atoms. The van der Waals surface area contributed by atoms with Crippen molar-refractivity contribution in [3.63, 3.8) is 0 Å². The Morgan fingerprint density at radius 1 is 1.18 bits per heavy atom. The number of halogens is 2. The number of hydrogen-bond donors (Lipinski definition) is 1. The molecule has 1 aromatic carbocycles. The van der Waals surface area contributed by atoms with E-state index in [9.17, 15) is 8.78 Å². The van der Waals surface area contributed by atoms with E-state index < -0.39 is 11.6 Å². The number of nitrogens with two attached hydrogens (primary N) is 1. The smallest absolute Gasteiger partial charge is 0.219 e. The molecule has 0 aliphatic rings. The Kier molecular flexibility index (Phi) is 2.91. The van der Waals surface area contributed by atoms with Gasteiger partial charge in [-0.15, -0.1) is 0 Å². The fourth-order valence-electron chi connectivity index (χ4n) is 1.26. The largest absolute Gasteiger partial charge is 0.439 e. The summed E-state index contributed by atoms with van der Waals surface area (Å²) in [6.07, 6.45) is 1.45.